The van der Waals surface area contributed by atoms with Crippen LogP contribution < -0.4 is 5.32 Å². The summed E-state index contributed by atoms with van der Waals surface area (Å²) >= 11 is 0. The van der Waals surface area contributed by atoms with E-state index in [4.69, 9.17) is 5.11 Å². The van der Waals surface area contributed by atoms with E-state index in [2.05, 4.69) is 17.1 Å². The van der Waals surface area contributed by atoms with E-state index >= 15 is 0 Å². The monoisotopic (exact) mass is 144 g/mol. The smallest absolute Gasteiger partial charge is 0.0679 e. The van der Waals surface area contributed by atoms with Gasteiger partial charge in [-0.1, -0.05) is 6.92 Å². The lowest BCUT2D eigenvalue weighted by atomic mass is 10.3. The third kappa shape index (κ3) is 2.25. The second-order valence-electron chi connectivity index (χ2n) is 2.78. The maximum absolute atomic E-state index is 9.13. The van der Waals surface area contributed by atoms with Crippen LogP contribution in [0.1, 0.15) is 13.3 Å². The summed E-state index contributed by atoms with van der Waals surface area (Å²) in [5.41, 5.74) is 0. The highest BCUT2D eigenvalue weighted by Crippen LogP contribution is 2.06. The number of nitrogens with one attached hydrogen (secondary N) is 1. The highest BCUT2D eigenvalue weighted by molar-refractivity contribution is 4.72. The molecule has 1 unspecified atom stereocenters. The van der Waals surface area contributed by atoms with Gasteiger partial charge in [-0.2, -0.15) is 0 Å². The molecule has 0 spiro atoms. The number of likely N-dealkylation sites (tertiary alicyclic amines) is 1. The van der Waals surface area contributed by atoms with Crippen molar-refractivity contribution in [1.82, 2.24) is 10.2 Å². The number of β-amino-alcohol motifs (C(OH)–C–C–N with tert-alkyl or cyclic N) is 1. The molecular formula is C7H16N2O. The van der Waals surface area contributed by atoms with Crippen LogP contribution in [0.25, 0.3) is 0 Å². The van der Waals surface area contributed by atoms with E-state index in [0.29, 0.717) is 0 Å². The Morgan fingerprint density at radius 2 is 2.50 bits per heavy atom. The molecule has 10 heavy (non-hydrogen) atoms. The molecule has 0 aromatic rings. The Morgan fingerprint density at radius 3 is 3.00 bits per heavy atom. The van der Waals surface area contributed by atoms with Crippen LogP contribution in [0.5, 0.6) is 0 Å². The largest absolute Gasteiger partial charge is 0.392 e. The van der Waals surface area contributed by atoms with Gasteiger partial charge >= 0.3 is 0 Å². The number of hydrogen-bond acceptors (Lipinski definition) is 3. The number of nitrogens with zero attached hydrogens (tertiary/aromatic N) is 1. The molecule has 3 nitrogen and oxygen atoms in total. The minimum Gasteiger partial charge on any atom is -0.392 e. The molecule has 0 bridgehead atoms. The normalized spacial score (nSPS) is 27.6. The lowest BCUT2D eigenvalue weighted by Gasteiger charge is -2.14. The maximum atomic E-state index is 9.13. The first-order valence-electron chi connectivity index (χ1n) is 3.94. The lowest BCUT2D eigenvalue weighted by Crippen LogP contribution is -2.32. The van der Waals surface area contributed by atoms with Gasteiger partial charge in [0.05, 0.1) is 6.10 Å². The molecule has 0 saturated carbocycles. The van der Waals surface area contributed by atoms with E-state index in [1.165, 1.54) is 0 Å². The first-order chi connectivity index (χ1) is 4.83. The van der Waals surface area contributed by atoms with Gasteiger partial charge in [-0.05, 0) is 13.0 Å². The van der Waals surface area contributed by atoms with Gasteiger partial charge in [0.2, 0.25) is 0 Å². The van der Waals surface area contributed by atoms with Crippen molar-refractivity contribution in [3.63, 3.8) is 0 Å². The SMILES string of the molecule is CCNCN1CCC(O)C1. The summed E-state index contributed by atoms with van der Waals surface area (Å²) in [6.45, 7) is 5.90. The third-order valence-electron chi connectivity index (χ3n) is 1.83. The molecule has 1 fully saturated rings. The summed E-state index contributed by atoms with van der Waals surface area (Å²) in [4.78, 5) is 2.23. The van der Waals surface area contributed by atoms with Crippen molar-refractivity contribution in [2.75, 3.05) is 26.3 Å². The molecule has 0 radical (unpaired) electrons. The molecule has 1 rings (SSSR count). The van der Waals surface area contributed by atoms with Gasteiger partial charge in [-0.15, -0.1) is 0 Å². The van der Waals surface area contributed by atoms with Gasteiger partial charge < -0.3 is 10.4 Å². The summed E-state index contributed by atoms with van der Waals surface area (Å²) in [6.07, 6.45) is 0.851. The van der Waals surface area contributed by atoms with Crippen molar-refractivity contribution in [2.45, 2.75) is 19.4 Å². The van der Waals surface area contributed by atoms with Crippen molar-refractivity contribution >= 4 is 0 Å². The van der Waals surface area contributed by atoms with Gasteiger partial charge in [0.25, 0.3) is 0 Å². The molecule has 60 valence electrons. The first-order valence-corrected chi connectivity index (χ1v) is 3.94. The predicted octanol–water partition coefficient (Wildman–Crippen LogP) is -0.380. The van der Waals surface area contributed by atoms with Crippen LogP contribution in [0.15, 0.2) is 0 Å². The molecule has 1 heterocycles. The molecule has 3 heteroatoms. The fourth-order valence-corrected chi connectivity index (χ4v) is 1.23. The Kier molecular flexibility index (Phi) is 3.12. The van der Waals surface area contributed by atoms with Crippen molar-refractivity contribution < 1.29 is 5.11 Å². The zero-order chi connectivity index (χ0) is 7.40. The Labute approximate surface area is 62.0 Å². The van der Waals surface area contributed by atoms with Crippen molar-refractivity contribution in [3.05, 3.63) is 0 Å². The topological polar surface area (TPSA) is 35.5 Å². The zero-order valence-electron chi connectivity index (χ0n) is 6.51. The number of rotatable bonds is 3. The van der Waals surface area contributed by atoms with Crippen LogP contribution in [-0.2, 0) is 0 Å². The van der Waals surface area contributed by atoms with Crippen molar-refractivity contribution in [2.24, 2.45) is 0 Å². The summed E-state index contributed by atoms with van der Waals surface area (Å²) in [6, 6.07) is 0. The molecule has 0 aromatic carbocycles. The van der Waals surface area contributed by atoms with Crippen LogP contribution in [0.3, 0.4) is 0 Å². The van der Waals surface area contributed by atoms with E-state index in [1.54, 1.807) is 0 Å². The highest BCUT2D eigenvalue weighted by Gasteiger charge is 2.18. The average molecular weight is 144 g/mol. The van der Waals surface area contributed by atoms with Crippen LogP contribution in [0, 0.1) is 0 Å². The molecule has 1 aliphatic heterocycles. The van der Waals surface area contributed by atoms with E-state index in [1.807, 2.05) is 0 Å². The van der Waals surface area contributed by atoms with Gasteiger partial charge in [0.15, 0.2) is 0 Å². The third-order valence-corrected chi connectivity index (χ3v) is 1.83. The van der Waals surface area contributed by atoms with Crippen LogP contribution in [-0.4, -0.2) is 42.4 Å². The molecule has 1 atom stereocenters. The van der Waals surface area contributed by atoms with Gasteiger partial charge in [0.1, 0.15) is 0 Å². The Balaban J connectivity index is 2.06. The Morgan fingerprint density at radius 1 is 1.70 bits per heavy atom. The zero-order valence-corrected chi connectivity index (χ0v) is 6.51. The molecule has 0 amide bonds. The van der Waals surface area contributed by atoms with Gasteiger partial charge in [-0.3, -0.25) is 4.90 Å². The standard InChI is InChI=1S/C7H16N2O/c1-2-8-6-9-4-3-7(10)5-9/h7-8,10H,2-6H2,1H3. The summed E-state index contributed by atoms with van der Waals surface area (Å²) < 4.78 is 0. The summed E-state index contributed by atoms with van der Waals surface area (Å²) in [5.74, 6) is 0. The van der Waals surface area contributed by atoms with E-state index in [0.717, 1.165) is 32.7 Å². The minimum atomic E-state index is -0.0846. The Bertz CT molecular complexity index is 97.6. The molecule has 0 aromatic heterocycles. The quantitative estimate of drug-likeness (QED) is 0.567. The van der Waals surface area contributed by atoms with Crippen LogP contribution in [0.4, 0.5) is 0 Å². The number of hydrogen-bond donors (Lipinski definition) is 2. The van der Waals surface area contributed by atoms with Crippen molar-refractivity contribution in [3.8, 4) is 0 Å². The predicted molar refractivity (Wildman–Crippen MR) is 40.7 cm³/mol. The molecule has 2 N–H and O–H groups in total. The number of aliphatic hydroxyl groups excluding tert-OH is 1. The first kappa shape index (κ1) is 7.98. The summed E-state index contributed by atoms with van der Waals surface area (Å²) in [7, 11) is 0. The summed E-state index contributed by atoms with van der Waals surface area (Å²) in [5, 5.41) is 12.4. The molecule has 0 aliphatic carbocycles. The molecular weight excluding hydrogens is 128 g/mol. The van der Waals surface area contributed by atoms with E-state index in [9.17, 15) is 0 Å². The van der Waals surface area contributed by atoms with E-state index < -0.39 is 0 Å². The molecule has 1 saturated heterocycles. The van der Waals surface area contributed by atoms with Crippen LogP contribution >= 0.6 is 0 Å². The average Bonchev–Trinajstić information content (AvgIpc) is 2.31. The van der Waals surface area contributed by atoms with Crippen molar-refractivity contribution in [1.29, 1.82) is 0 Å². The van der Waals surface area contributed by atoms with Gasteiger partial charge in [-0.25, -0.2) is 0 Å². The lowest BCUT2D eigenvalue weighted by molar-refractivity contribution is 0.174. The van der Waals surface area contributed by atoms with Gasteiger partial charge in [0, 0.05) is 19.8 Å². The highest BCUT2D eigenvalue weighted by atomic mass is 16.3. The van der Waals surface area contributed by atoms with Crippen LogP contribution in [0.2, 0.25) is 0 Å². The Hall–Kier alpha value is -0.120. The van der Waals surface area contributed by atoms with E-state index in [-0.39, 0.29) is 6.10 Å². The minimum absolute atomic E-state index is 0.0846. The number of aliphatic hydroxyl groups is 1. The maximum Gasteiger partial charge on any atom is 0.0679 e. The molecule has 1 aliphatic rings. The second kappa shape index (κ2) is 3.91. The fourth-order valence-electron chi connectivity index (χ4n) is 1.23. The fraction of sp³-hybridized carbons (Fsp3) is 1.00. The second-order valence-corrected chi connectivity index (χ2v) is 2.78.